The molecule has 0 bridgehead atoms. The third kappa shape index (κ3) is 4.80. The fourth-order valence-electron chi connectivity index (χ4n) is 2.60. The van der Waals surface area contributed by atoms with E-state index in [2.05, 4.69) is 48.5 Å². The van der Waals surface area contributed by atoms with Crippen LogP contribution in [0.25, 0.3) is 0 Å². The Kier molecular flexibility index (Phi) is 6.74. The van der Waals surface area contributed by atoms with Gasteiger partial charge >= 0.3 is 11.8 Å². The molecule has 3 aromatic rings. The Morgan fingerprint density at radius 1 is 1.13 bits per heavy atom. The van der Waals surface area contributed by atoms with E-state index >= 15 is 0 Å². The van der Waals surface area contributed by atoms with Crippen LogP contribution in [0.5, 0.6) is 0 Å². The smallest absolute Gasteiger partial charge is 0.316 e. The van der Waals surface area contributed by atoms with Gasteiger partial charge in [-0.1, -0.05) is 11.2 Å². The summed E-state index contributed by atoms with van der Waals surface area (Å²) >= 11 is 2.20. The summed E-state index contributed by atoms with van der Waals surface area (Å²) in [7, 11) is 0. The number of halogens is 3. The van der Waals surface area contributed by atoms with Crippen LogP contribution in [0.1, 0.15) is 38.3 Å². The molecule has 0 aliphatic carbocycles. The second-order valence-electron chi connectivity index (χ2n) is 6.27. The van der Waals surface area contributed by atoms with E-state index in [0.717, 1.165) is 33.2 Å². The Morgan fingerprint density at radius 2 is 1.77 bits per heavy atom. The van der Waals surface area contributed by atoms with Gasteiger partial charge in [0.15, 0.2) is 5.82 Å². The molecule has 0 spiro atoms. The summed E-state index contributed by atoms with van der Waals surface area (Å²) in [5, 5.41) is 12.9. The van der Waals surface area contributed by atoms with Gasteiger partial charge < -0.3 is 15.2 Å². The highest BCUT2D eigenvalue weighted by atomic mass is 127. The summed E-state index contributed by atoms with van der Waals surface area (Å²) in [4.78, 5) is 28.0. The highest BCUT2D eigenvalue weighted by molar-refractivity contribution is 14.1. The maximum atomic E-state index is 13.6. The average molecular weight is 530 g/mol. The van der Waals surface area contributed by atoms with Crippen molar-refractivity contribution in [3.63, 3.8) is 0 Å². The number of hydrogen-bond donors (Lipinski definition) is 2. The Balaban J connectivity index is 1.50. The monoisotopic (exact) mass is 530 g/mol. The Labute approximate surface area is 183 Å². The van der Waals surface area contributed by atoms with Gasteiger partial charge in [0, 0.05) is 18.8 Å². The van der Waals surface area contributed by atoms with Crippen molar-refractivity contribution in [2.24, 2.45) is 0 Å². The third-order valence-electron chi connectivity index (χ3n) is 4.13. The van der Waals surface area contributed by atoms with Gasteiger partial charge in [-0.05, 0) is 48.6 Å². The molecule has 30 heavy (non-hydrogen) atoms. The number of nitrogens with one attached hydrogen (secondary N) is 2. The Bertz CT molecular complexity index is 1080. The molecule has 2 aromatic heterocycles. The molecule has 0 saturated carbocycles. The van der Waals surface area contributed by atoms with Gasteiger partial charge in [-0.2, -0.15) is 10.1 Å². The molecule has 0 saturated heterocycles. The normalized spacial score (nSPS) is 10.8. The van der Waals surface area contributed by atoms with E-state index in [1.165, 1.54) is 0 Å². The predicted molar refractivity (Wildman–Crippen MR) is 109 cm³/mol. The summed E-state index contributed by atoms with van der Waals surface area (Å²) < 4.78 is 34.8. The zero-order chi connectivity index (χ0) is 21.8. The second-order valence-corrected chi connectivity index (χ2v) is 7.35. The summed E-state index contributed by atoms with van der Waals surface area (Å²) in [5.41, 5.74) is 1.15. The Hall–Kier alpha value is -2.90. The number of carbonyl (C=O) groups excluding carboxylic acids is 2. The number of nitrogens with zero attached hydrogens (tertiary/aromatic N) is 4. The minimum Gasteiger partial charge on any atom is -0.350 e. The molecule has 2 heterocycles. The lowest BCUT2D eigenvalue weighted by molar-refractivity contribution is 0.0896. The van der Waals surface area contributed by atoms with Crippen LogP contribution < -0.4 is 10.6 Å². The first kappa shape index (κ1) is 21.8. The molecule has 12 heteroatoms. The van der Waals surface area contributed by atoms with Gasteiger partial charge in [-0.3, -0.25) is 14.3 Å². The SMILES string of the molecule is Cc1nn(Cc2noc(C(=O)NCCNC(=O)c3c(F)cccc3F)n2)c(C)c1I. The summed E-state index contributed by atoms with van der Waals surface area (Å²) in [6, 6.07) is 3.13. The van der Waals surface area contributed by atoms with Crippen molar-refractivity contribution in [1.29, 1.82) is 0 Å². The average Bonchev–Trinajstić information content (AvgIpc) is 3.26. The number of carbonyl (C=O) groups is 2. The quantitative estimate of drug-likeness (QED) is 0.357. The van der Waals surface area contributed by atoms with Crippen LogP contribution in [0.3, 0.4) is 0 Å². The number of aromatic nitrogens is 4. The standard InChI is InChI=1S/C18H17F2IN6O3/c1-9-15(21)10(2)27(25-9)8-13-24-18(30-26-13)17(29)23-7-6-22-16(28)14-11(19)4-3-5-12(14)20/h3-5H,6-8H2,1-2H3,(H,22,28)(H,23,29). The number of hydrogen-bond acceptors (Lipinski definition) is 6. The molecule has 1 aromatic carbocycles. The van der Waals surface area contributed by atoms with Gasteiger partial charge in [0.05, 0.1) is 9.26 Å². The molecule has 2 N–H and O–H groups in total. The molecule has 0 fully saturated rings. The highest BCUT2D eigenvalue weighted by Gasteiger charge is 2.18. The zero-order valence-electron chi connectivity index (χ0n) is 16.0. The number of aryl methyl sites for hydroxylation is 1. The maximum Gasteiger partial charge on any atom is 0.316 e. The van der Waals surface area contributed by atoms with Crippen molar-refractivity contribution in [2.75, 3.05) is 13.1 Å². The van der Waals surface area contributed by atoms with E-state index in [1.807, 2.05) is 13.8 Å². The molecule has 0 radical (unpaired) electrons. The van der Waals surface area contributed by atoms with Gasteiger partial charge in [-0.25, -0.2) is 8.78 Å². The maximum absolute atomic E-state index is 13.6. The first-order chi connectivity index (χ1) is 14.3. The third-order valence-corrected chi connectivity index (χ3v) is 5.69. The number of rotatable bonds is 7. The largest absolute Gasteiger partial charge is 0.350 e. The lowest BCUT2D eigenvalue weighted by Gasteiger charge is -2.07. The van der Waals surface area contributed by atoms with E-state index in [-0.39, 0.29) is 31.3 Å². The summed E-state index contributed by atoms with van der Waals surface area (Å²) in [5.74, 6) is -3.44. The lowest BCUT2D eigenvalue weighted by atomic mass is 10.2. The van der Waals surface area contributed by atoms with Crippen molar-refractivity contribution < 1.29 is 22.9 Å². The molecular weight excluding hydrogens is 513 g/mol. The van der Waals surface area contributed by atoms with Gasteiger partial charge in [0.25, 0.3) is 5.91 Å². The van der Waals surface area contributed by atoms with Crippen LogP contribution in [0.2, 0.25) is 0 Å². The molecule has 2 amide bonds. The molecule has 0 aliphatic rings. The van der Waals surface area contributed by atoms with Crippen molar-refractivity contribution >= 4 is 34.4 Å². The fraction of sp³-hybridized carbons (Fsp3) is 0.278. The fourth-order valence-corrected chi connectivity index (χ4v) is 2.99. The van der Waals surface area contributed by atoms with E-state index < -0.39 is 29.0 Å². The Morgan fingerprint density at radius 3 is 2.37 bits per heavy atom. The van der Waals surface area contributed by atoms with Crippen LogP contribution in [0, 0.1) is 29.1 Å². The first-order valence-electron chi connectivity index (χ1n) is 8.80. The minimum atomic E-state index is -0.966. The van der Waals surface area contributed by atoms with E-state index in [1.54, 1.807) is 4.68 Å². The highest BCUT2D eigenvalue weighted by Crippen LogP contribution is 2.16. The van der Waals surface area contributed by atoms with Gasteiger partial charge in [-0.15, -0.1) is 0 Å². The van der Waals surface area contributed by atoms with Crippen LogP contribution in [0.15, 0.2) is 22.7 Å². The van der Waals surface area contributed by atoms with Crippen molar-refractivity contribution in [1.82, 2.24) is 30.6 Å². The minimum absolute atomic E-state index is 0.00594. The van der Waals surface area contributed by atoms with Crippen LogP contribution >= 0.6 is 22.6 Å². The molecule has 3 rings (SSSR count). The predicted octanol–water partition coefficient (Wildman–Crippen LogP) is 1.97. The topological polar surface area (TPSA) is 115 Å². The number of amides is 2. The molecule has 158 valence electrons. The molecule has 9 nitrogen and oxygen atoms in total. The first-order valence-corrected chi connectivity index (χ1v) is 9.88. The van der Waals surface area contributed by atoms with Crippen molar-refractivity contribution in [2.45, 2.75) is 20.4 Å². The summed E-state index contributed by atoms with van der Waals surface area (Å²) in [6.07, 6.45) is 0. The van der Waals surface area contributed by atoms with Gasteiger partial charge in [0.2, 0.25) is 0 Å². The molecular formula is C18H17F2IN6O3. The molecule has 0 unspecified atom stereocenters. The van der Waals surface area contributed by atoms with Crippen LogP contribution in [0.4, 0.5) is 8.78 Å². The second kappa shape index (κ2) is 9.28. The zero-order valence-corrected chi connectivity index (χ0v) is 18.2. The van der Waals surface area contributed by atoms with E-state index in [4.69, 9.17) is 4.52 Å². The van der Waals surface area contributed by atoms with E-state index in [9.17, 15) is 18.4 Å². The number of benzene rings is 1. The van der Waals surface area contributed by atoms with Crippen molar-refractivity contribution in [3.05, 3.63) is 62.1 Å². The van der Waals surface area contributed by atoms with Crippen LogP contribution in [-0.2, 0) is 6.54 Å². The summed E-state index contributed by atoms with van der Waals surface area (Å²) in [6.45, 7) is 3.99. The van der Waals surface area contributed by atoms with Gasteiger partial charge in [0.1, 0.15) is 23.7 Å². The van der Waals surface area contributed by atoms with E-state index in [0.29, 0.717) is 0 Å². The molecule has 0 atom stereocenters. The molecule has 0 aliphatic heterocycles. The van der Waals surface area contributed by atoms with Crippen molar-refractivity contribution in [3.8, 4) is 0 Å². The lowest BCUT2D eigenvalue weighted by Crippen LogP contribution is -2.35. The van der Waals surface area contributed by atoms with Crippen LogP contribution in [-0.4, -0.2) is 44.8 Å².